The fourth-order valence-corrected chi connectivity index (χ4v) is 2.56. The minimum Gasteiger partial charge on any atom is -0.300 e. The summed E-state index contributed by atoms with van der Waals surface area (Å²) in [4.78, 5) is 15.6. The number of hydrogen-bond acceptors (Lipinski definition) is 2. The zero-order chi connectivity index (χ0) is 13.4. The first-order valence-corrected chi connectivity index (χ1v) is 6.13. The molecule has 0 saturated heterocycles. The van der Waals surface area contributed by atoms with E-state index < -0.39 is 6.40 Å². The summed E-state index contributed by atoms with van der Waals surface area (Å²) in [6, 6.07) is 6.37. The van der Waals surface area contributed by atoms with Crippen LogP contribution in [-0.2, 0) is 4.79 Å². The fourth-order valence-electron chi connectivity index (χ4n) is 2.56. The molecule has 0 N–H and O–H groups in total. The van der Waals surface area contributed by atoms with Crippen LogP contribution < -0.4 is 0 Å². The molecular weight excluding hydrogens is 229 g/mol. The van der Waals surface area contributed by atoms with Gasteiger partial charge in [0.15, 0.2) is 0 Å². The van der Waals surface area contributed by atoms with E-state index in [1.165, 1.54) is 12.1 Å². The largest absolute Gasteiger partial charge is 0.300 e. The van der Waals surface area contributed by atoms with Crippen molar-refractivity contribution in [1.29, 1.82) is 0 Å². The second-order valence-electron chi connectivity index (χ2n) is 4.69. The van der Waals surface area contributed by atoms with Crippen molar-refractivity contribution in [3.05, 3.63) is 41.8 Å². The average Bonchev–Trinajstić information content (AvgIpc) is 2.38. The minimum atomic E-state index is -0.435. The van der Waals surface area contributed by atoms with Crippen molar-refractivity contribution in [2.24, 2.45) is 0 Å². The van der Waals surface area contributed by atoms with E-state index in [0.29, 0.717) is 19.3 Å². The number of carbonyl (C=O) groups excluding carboxylic acids is 1. The van der Waals surface area contributed by atoms with E-state index in [9.17, 15) is 9.18 Å². The minimum absolute atomic E-state index is 0.00926. The Bertz CT molecular complexity index is 643. The van der Waals surface area contributed by atoms with Gasteiger partial charge >= 0.3 is 0 Å². The van der Waals surface area contributed by atoms with Gasteiger partial charge in [0.05, 0.1) is 5.52 Å². The van der Waals surface area contributed by atoms with Crippen molar-refractivity contribution in [2.45, 2.75) is 31.6 Å². The van der Waals surface area contributed by atoms with Crippen LogP contribution in [0.15, 0.2) is 30.5 Å². The second-order valence-corrected chi connectivity index (χ2v) is 4.69. The molecule has 1 aliphatic carbocycles. The molecular formula is C15H14FNO. The highest BCUT2D eigenvalue weighted by Gasteiger charge is 2.21. The monoisotopic (exact) mass is 244 g/mol. The predicted molar refractivity (Wildman–Crippen MR) is 67.9 cm³/mol. The van der Waals surface area contributed by atoms with Crippen LogP contribution in [0.1, 0.15) is 38.5 Å². The normalized spacial score (nSPS) is 25.2. The molecule has 1 heterocycles. The van der Waals surface area contributed by atoms with Crippen molar-refractivity contribution >= 4 is 16.7 Å². The molecule has 1 aromatic carbocycles. The van der Waals surface area contributed by atoms with Crippen molar-refractivity contribution in [3.63, 3.8) is 0 Å². The van der Waals surface area contributed by atoms with Gasteiger partial charge in [0.2, 0.25) is 0 Å². The number of fused-ring (bicyclic) bond motifs is 1. The van der Waals surface area contributed by atoms with Crippen LogP contribution in [0.5, 0.6) is 0 Å². The Kier molecular flexibility index (Phi) is 2.54. The summed E-state index contributed by atoms with van der Waals surface area (Å²) in [5, 5.41) is 0.763. The summed E-state index contributed by atoms with van der Waals surface area (Å²) in [7, 11) is 0. The molecule has 2 atom stereocenters. The van der Waals surface area contributed by atoms with Crippen LogP contribution in [0.3, 0.4) is 0 Å². The maximum Gasteiger partial charge on any atom is 0.132 e. The molecule has 0 amide bonds. The van der Waals surface area contributed by atoms with Gasteiger partial charge in [0.1, 0.15) is 11.6 Å². The average molecular weight is 244 g/mol. The van der Waals surface area contributed by atoms with Gasteiger partial charge in [0.25, 0.3) is 0 Å². The summed E-state index contributed by atoms with van der Waals surface area (Å²) in [6.45, 7) is 0. The van der Waals surface area contributed by atoms with Crippen molar-refractivity contribution in [1.82, 2.24) is 4.98 Å². The third-order valence-corrected chi connectivity index (χ3v) is 3.50. The molecule has 3 heteroatoms. The Morgan fingerprint density at radius 2 is 2.22 bits per heavy atom. The molecule has 1 saturated carbocycles. The number of ketones is 1. The lowest BCUT2D eigenvalue weighted by Crippen LogP contribution is -2.12. The third kappa shape index (κ3) is 2.01. The van der Waals surface area contributed by atoms with Gasteiger partial charge in [0, 0.05) is 25.8 Å². The summed E-state index contributed by atoms with van der Waals surface area (Å²) < 4.78 is 21.5. The Hall–Kier alpha value is -1.77. The van der Waals surface area contributed by atoms with Gasteiger partial charge in [-0.2, -0.15) is 0 Å². The first-order chi connectivity index (χ1) is 9.15. The molecule has 1 aromatic heterocycles. The second kappa shape index (κ2) is 4.48. The van der Waals surface area contributed by atoms with E-state index in [2.05, 4.69) is 4.98 Å². The van der Waals surface area contributed by atoms with E-state index in [4.69, 9.17) is 1.37 Å². The Labute approximate surface area is 106 Å². The predicted octanol–water partition coefficient (Wildman–Crippen LogP) is 3.60. The number of rotatable bonds is 1. The van der Waals surface area contributed by atoms with Crippen LogP contribution >= 0.6 is 0 Å². The van der Waals surface area contributed by atoms with Crippen molar-refractivity contribution in [2.75, 3.05) is 0 Å². The molecule has 2 aromatic rings. The van der Waals surface area contributed by atoms with Gasteiger partial charge in [-0.05, 0) is 48.6 Å². The van der Waals surface area contributed by atoms with Crippen LogP contribution in [0.25, 0.3) is 10.9 Å². The molecule has 2 nitrogen and oxygen atoms in total. The first-order valence-electron chi connectivity index (χ1n) is 6.71. The lowest BCUT2D eigenvalue weighted by Gasteiger charge is -2.22. The Morgan fingerprint density at radius 3 is 3.06 bits per heavy atom. The van der Waals surface area contributed by atoms with Gasteiger partial charge in [-0.1, -0.05) is 0 Å². The molecule has 3 rings (SSSR count). The third-order valence-electron chi connectivity index (χ3n) is 3.50. The lowest BCUT2D eigenvalue weighted by atomic mass is 9.82. The summed E-state index contributed by atoms with van der Waals surface area (Å²) in [5.41, 5.74) is 1.68. The summed E-state index contributed by atoms with van der Waals surface area (Å²) in [5.74, 6) is -0.152. The number of hydrogen-bond donors (Lipinski definition) is 0. The number of benzene rings is 1. The zero-order valence-corrected chi connectivity index (χ0v) is 9.90. The quantitative estimate of drug-likeness (QED) is 0.767. The highest BCUT2D eigenvalue weighted by Crippen LogP contribution is 2.34. The van der Waals surface area contributed by atoms with Crippen LogP contribution in [-0.4, -0.2) is 10.8 Å². The lowest BCUT2D eigenvalue weighted by molar-refractivity contribution is -0.120. The molecule has 0 spiro atoms. The zero-order valence-electron chi connectivity index (χ0n) is 10.9. The van der Waals surface area contributed by atoms with Gasteiger partial charge in [-0.3, -0.25) is 9.78 Å². The molecule has 1 fully saturated rings. The molecule has 18 heavy (non-hydrogen) atoms. The van der Waals surface area contributed by atoms with Crippen LogP contribution in [0.4, 0.5) is 4.39 Å². The Morgan fingerprint density at radius 1 is 1.33 bits per heavy atom. The first kappa shape index (κ1) is 10.2. The van der Waals surface area contributed by atoms with E-state index in [-0.39, 0.29) is 17.5 Å². The number of Topliss-reactive ketones (excluding diaryl/α,β-unsaturated/α-hetero) is 1. The smallest absolute Gasteiger partial charge is 0.132 e. The maximum absolute atomic E-state index is 13.4. The van der Waals surface area contributed by atoms with Gasteiger partial charge < -0.3 is 0 Å². The molecule has 1 aliphatic rings. The molecule has 0 bridgehead atoms. The topological polar surface area (TPSA) is 30.0 Å². The van der Waals surface area contributed by atoms with E-state index >= 15 is 0 Å². The van der Waals surface area contributed by atoms with Gasteiger partial charge in [-0.25, -0.2) is 4.39 Å². The maximum atomic E-state index is 13.4. The van der Waals surface area contributed by atoms with Gasteiger partial charge in [-0.15, -0.1) is 0 Å². The van der Waals surface area contributed by atoms with Crippen LogP contribution in [0.2, 0.25) is 0 Å². The van der Waals surface area contributed by atoms with E-state index in [1.807, 2.05) is 6.07 Å². The highest BCUT2D eigenvalue weighted by atomic mass is 19.1. The summed E-state index contributed by atoms with van der Waals surface area (Å²) >= 11 is 0. The number of aromatic nitrogens is 1. The highest BCUT2D eigenvalue weighted by molar-refractivity contribution is 5.84. The fraction of sp³-hybridized carbons (Fsp3) is 0.333. The Balaban J connectivity index is 2.09. The van der Waals surface area contributed by atoms with Crippen LogP contribution in [0, 0.1) is 5.82 Å². The standard InChI is InChI=1S/C15H14FNO/c16-11-3-6-15-14(9-11)13(7-8-17-15)10-1-4-12(18)5-2-10/h3,6-10H,1-2,4-5H2/i1D. The van der Waals surface area contributed by atoms with E-state index in [1.54, 1.807) is 12.3 Å². The molecule has 0 radical (unpaired) electrons. The van der Waals surface area contributed by atoms with Crippen molar-refractivity contribution in [3.8, 4) is 0 Å². The number of pyridine rings is 1. The SMILES string of the molecule is [2H]C1CC(=O)CCC1c1ccnc2ccc(F)cc12. The van der Waals surface area contributed by atoms with E-state index in [0.717, 1.165) is 16.5 Å². The molecule has 2 unspecified atom stereocenters. The number of nitrogens with zero attached hydrogens (tertiary/aromatic N) is 1. The molecule has 92 valence electrons. The molecule has 0 aliphatic heterocycles. The number of halogens is 1. The van der Waals surface area contributed by atoms with Crippen molar-refractivity contribution < 1.29 is 10.6 Å². The number of carbonyl (C=O) groups is 1. The summed E-state index contributed by atoms with van der Waals surface area (Å²) in [6.07, 6.45) is 2.74.